The first-order chi connectivity index (χ1) is 7.70. The van der Waals surface area contributed by atoms with Gasteiger partial charge in [-0.2, -0.15) is 0 Å². The van der Waals surface area contributed by atoms with Crippen LogP contribution in [0.1, 0.15) is 11.1 Å². The number of benzene rings is 2. The predicted molar refractivity (Wildman–Crippen MR) is 64.5 cm³/mol. The Morgan fingerprint density at radius 1 is 1.12 bits per heavy atom. The summed E-state index contributed by atoms with van der Waals surface area (Å²) in [6, 6.07) is 12.6. The maximum atomic E-state index is 13.1. The largest absolute Gasteiger partial charge is 0.326 e. The van der Waals surface area contributed by atoms with Crippen molar-refractivity contribution >= 4 is 0 Å². The highest BCUT2D eigenvalue weighted by Crippen LogP contribution is 2.24. The lowest BCUT2D eigenvalue weighted by Gasteiger charge is -2.08. The van der Waals surface area contributed by atoms with Crippen molar-refractivity contribution in [2.45, 2.75) is 13.5 Å². The first-order valence-corrected chi connectivity index (χ1v) is 5.26. The minimum absolute atomic E-state index is 0.209. The maximum absolute atomic E-state index is 13.1. The van der Waals surface area contributed by atoms with E-state index in [4.69, 9.17) is 5.73 Å². The highest BCUT2D eigenvalue weighted by molar-refractivity contribution is 5.67. The van der Waals surface area contributed by atoms with Gasteiger partial charge in [0, 0.05) is 6.54 Å². The summed E-state index contributed by atoms with van der Waals surface area (Å²) in [5, 5.41) is 0. The van der Waals surface area contributed by atoms with Gasteiger partial charge in [-0.15, -0.1) is 0 Å². The van der Waals surface area contributed by atoms with E-state index in [0.717, 1.165) is 22.3 Å². The third-order valence-corrected chi connectivity index (χ3v) is 2.66. The van der Waals surface area contributed by atoms with E-state index in [1.54, 1.807) is 12.1 Å². The molecule has 0 aliphatic rings. The molecule has 0 atom stereocenters. The van der Waals surface area contributed by atoms with Crippen molar-refractivity contribution in [3.63, 3.8) is 0 Å². The van der Waals surface area contributed by atoms with Gasteiger partial charge in [0.1, 0.15) is 5.82 Å². The van der Waals surface area contributed by atoms with Gasteiger partial charge in [-0.25, -0.2) is 4.39 Å². The van der Waals surface area contributed by atoms with Crippen LogP contribution < -0.4 is 5.73 Å². The van der Waals surface area contributed by atoms with Crippen molar-refractivity contribution < 1.29 is 4.39 Å². The van der Waals surface area contributed by atoms with Crippen molar-refractivity contribution in [2.24, 2.45) is 5.73 Å². The number of rotatable bonds is 2. The minimum atomic E-state index is -0.209. The van der Waals surface area contributed by atoms with E-state index < -0.39 is 0 Å². The van der Waals surface area contributed by atoms with Crippen LogP contribution in [0.5, 0.6) is 0 Å². The van der Waals surface area contributed by atoms with Crippen LogP contribution in [-0.2, 0) is 6.54 Å². The maximum Gasteiger partial charge on any atom is 0.123 e. The summed E-state index contributed by atoms with van der Waals surface area (Å²) in [4.78, 5) is 0. The lowest BCUT2D eigenvalue weighted by Crippen LogP contribution is -1.97. The second kappa shape index (κ2) is 4.45. The number of hydrogen-bond acceptors (Lipinski definition) is 1. The Balaban J connectivity index is 2.48. The van der Waals surface area contributed by atoms with Gasteiger partial charge in [0.05, 0.1) is 0 Å². The van der Waals surface area contributed by atoms with Crippen molar-refractivity contribution in [1.82, 2.24) is 0 Å². The summed E-state index contributed by atoms with van der Waals surface area (Å²) >= 11 is 0. The summed E-state index contributed by atoms with van der Waals surface area (Å²) in [5.74, 6) is -0.209. The molecular weight excluding hydrogens is 201 g/mol. The molecule has 0 unspecified atom stereocenters. The van der Waals surface area contributed by atoms with Crippen molar-refractivity contribution in [3.05, 3.63) is 59.4 Å². The van der Waals surface area contributed by atoms with Gasteiger partial charge in [0.15, 0.2) is 0 Å². The van der Waals surface area contributed by atoms with Gasteiger partial charge >= 0.3 is 0 Å². The summed E-state index contributed by atoms with van der Waals surface area (Å²) in [7, 11) is 0. The second-order valence-corrected chi connectivity index (χ2v) is 3.86. The lowest BCUT2D eigenvalue weighted by molar-refractivity contribution is 0.628. The summed E-state index contributed by atoms with van der Waals surface area (Å²) in [5.41, 5.74) is 9.74. The summed E-state index contributed by atoms with van der Waals surface area (Å²) in [6.07, 6.45) is 0. The Morgan fingerprint density at radius 2 is 1.94 bits per heavy atom. The fourth-order valence-electron chi connectivity index (χ4n) is 1.83. The molecule has 0 fully saturated rings. The normalized spacial score (nSPS) is 10.4. The van der Waals surface area contributed by atoms with Crippen LogP contribution in [0.4, 0.5) is 4.39 Å². The Bertz CT molecular complexity index is 506. The van der Waals surface area contributed by atoms with Crippen LogP contribution in [-0.4, -0.2) is 0 Å². The van der Waals surface area contributed by atoms with E-state index >= 15 is 0 Å². The zero-order valence-electron chi connectivity index (χ0n) is 9.20. The molecule has 2 rings (SSSR count). The third kappa shape index (κ3) is 2.12. The van der Waals surface area contributed by atoms with Crippen molar-refractivity contribution in [3.8, 4) is 11.1 Å². The molecule has 0 bridgehead atoms. The molecule has 2 heteroatoms. The van der Waals surface area contributed by atoms with E-state index in [2.05, 4.69) is 0 Å². The fraction of sp³-hybridized carbons (Fsp3) is 0.143. The highest BCUT2D eigenvalue weighted by atomic mass is 19.1. The van der Waals surface area contributed by atoms with Gasteiger partial charge < -0.3 is 5.73 Å². The number of nitrogens with two attached hydrogens (primary N) is 1. The Labute approximate surface area is 94.7 Å². The van der Waals surface area contributed by atoms with Crippen LogP contribution >= 0.6 is 0 Å². The van der Waals surface area contributed by atoms with Gasteiger partial charge in [-0.3, -0.25) is 0 Å². The second-order valence-electron chi connectivity index (χ2n) is 3.86. The smallest absolute Gasteiger partial charge is 0.123 e. The number of aryl methyl sites for hydroxylation is 1. The van der Waals surface area contributed by atoms with Crippen molar-refractivity contribution in [2.75, 3.05) is 0 Å². The molecule has 0 spiro atoms. The fourth-order valence-corrected chi connectivity index (χ4v) is 1.83. The molecule has 1 nitrogen and oxygen atoms in total. The number of hydrogen-bond donors (Lipinski definition) is 1. The summed E-state index contributed by atoms with van der Waals surface area (Å²) in [6.45, 7) is 2.55. The van der Waals surface area contributed by atoms with Crippen LogP contribution in [0.15, 0.2) is 42.5 Å². The van der Waals surface area contributed by atoms with Gasteiger partial charge in [-0.05, 0) is 41.3 Å². The highest BCUT2D eigenvalue weighted by Gasteiger charge is 2.03. The molecule has 0 saturated carbocycles. The van der Waals surface area contributed by atoms with Crippen LogP contribution in [0.3, 0.4) is 0 Å². The Hall–Kier alpha value is -1.67. The molecule has 2 aromatic carbocycles. The third-order valence-electron chi connectivity index (χ3n) is 2.66. The van der Waals surface area contributed by atoms with Gasteiger partial charge in [0.2, 0.25) is 0 Å². The number of halogens is 1. The molecule has 0 amide bonds. The Kier molecular flexibility index (Phi) is 3.02. The molecule has 2 N–H and O–H groups in total. The average molecular weight is 215 g/mol. The van der Waals surface area contributed by atoms with E-state index in [0.29, 0.717) is 6.54 Å². The molecule has 0 radical (unpaired) electrons. The molecule has 16 heavy (non-hydrogen) atoms. The molecule has 0 aromatic heterocycles. The Morgan fingerprint density at radius 3 is 2.56 bits per heavy atom. The molecule has 82 valence electrons. The van der Waals surface area contributed by atoms with E-state index in [9.17, 15) is 4.39 Å². The lowest BCUT2D eigenvalue weighted by atomic mass is 9.98. The summed E-state index contributed by atoms with van der Waals surface area (Å²) < 4.78 is 13.1. The monoisotopic (exact) mass is 215 g/mol. The zero-order valence-corrected chi connectivity index (χ0v) is 9.20. The first-order valence-electron chi connectivity index (χ1n) is 5.26. The SMILES string of the molecule is Cc1cc(CN)ccc1-c1cccc(F)c1. The van der Waals surface area contributed by atoms with Crippen molar-refractivity contribution in [1.29, 1.82) is 0 Å². The standard InChI is InChI=1S/C14H14FN/c1-10-7-11(9-16)5-6-14(10)12-3-2-4-13(15)8-12/h2-8H,9,16H2,1H3. The van der Waals surface area contributed by atoms with E-state index in [1.807, 2.05) is 31.2 Å². The van der Waals surface area contributed by atoms with Gasteiger partial charge in [-0.1, -0.05) is 30.3 Å². The van der Waals surface area contributed by atoms with E-state index in [-0.39, 0.29) is 5.82 Å². The molecule has 0 aliphatic heterocycles. The molecular formula is C14H14FN. The molecule has 0 saturated heterocycles. The van der Waals surface area contributed by atoms with Crippen LogP contribution in [0.2, 0.25) is 0 Å². The zero-order chi connectivity index (χ0) is 11.5. The molecule has 2 aromatic rings. The quantitative estimate of drug-likeness (QED) is 0.817. The average Bonchev–Trinajstić information content (AvgIpc) is 2.28. The predicted octanol–water partition coefficient (Wildman–Crippen LogP) is 3.26. The van der Waals surface area contributed by atoms with Gasteiger partial charge in [0.25, 0.3) is 0 Å². The van der Waals surface area contributed by atoms with E-state index in [1.165, 1.54) is 6.07 Å². The first kappa shape index (κ1) is 10.8. The minimum Gasteiger partial charge on any atom is -0.326 e. The van der Waals surface area contributed by atoms with Crippen LogP contribution in [0.25, 0.3) is 11.1 Å². The van der Waals surface area contributed by atoms with Crippen LogP contribution in [0, 0.1) is 12.7 Å². The topological polar surface area (TPSA) is 26.0 Å². The molecule has 0 heterocycles. The molecule has 0 aliphatic carbocycles.